The van der Waals surface area contributed by atoms with E-state index in [2.05, 4.69) is 10.6 Å². The summed E-state index contributed by atoms with van der Waals surface area (Å²) in [5.74, 6) is -0.303. The van der Waals surface area contributed by atoms with Gasteiger partial charge >= 0.3 is 5.63 Å². The molecular formula is C42H37N3O8S. The molecule has 0 unspecified atom stereocenters. The molecule has 0 fully saturated rings. The first-order valence-electron chi connectivity index (χ1n) is 17.9. The van der Waals surface area contributed by atoms with Crippen molar-refractivity contribution in [1.82, 2.24) is 10.6 Å². The second kappa shape index (κ2) is 15.2. The highest BCUT2D eigenvalue weighted by atomic mass is 32.1. The molecule has 0 aliphatic carbocycles. The average molecular weight is 744 g/mol. The van der Waals surface area contributed by atoms with Crippen LogP contribution < -0.4 is 42.9 Å². The predicted octanol–water partition coefficient (Wildman–Crippen LogP) is 4.82. The SMILES string of the molecule is CN(C)c1ccc2c(CC(=O)NCCCCCCNC(=O)CCc3ccc4c(=O)c5c(sc6c(=O)c7ccccc7c(=O)c65)c(=O)c4c3)cc(=O)oc2c1. The van der Waals surface area contributed by atoms with Crippen LogP contribution in [0.25, 0.3) is 52.7 Å². The molecule has 2 aromatic heterocycles. The summed E-state index contributed by atoms with van der Waals surface area (Å²) >= 11 is 0.896. The fraction of sp³-hybridized carbons (Fsp3) is 0.262. The van der Waals surface area contributed by atoms with Crippen molar-refractivity contribution in [3.8, 4) is 0 Å². The fourth-order valence-corrected chi connectivity index (χ4v) is 8.20. The molecule has 0 saturated heterocycles. The Balaban J connectivity index is 0.878. The molecule has 0 spiro atoms. The van der Waals surface area contributed by atoms with Crippen LogP contribution in [0.2, 0.25) is 0 Å². The van der Waals surface area contributed by atoms with Gasteiger partial charge in [-0.15, -0.1) is 11.3 Å². The van der Waals surface area contributed by atoms with Crippen molar-refractivity contribution >= 4 is 81.5 Å². The molecule has 0 aliphatic heterocycles. The molecule has 274 valence electrons. The van der Waals surface area contributed by atoms with Crippen molar-refractivity contribution in [3.63, 3.8) is 0 Å². The molecular weight excluding hydrogens is 707 g/mol. The van der Waals surface area contributed by atoms with E-state index in [4.69, 9.17) is 4.42 Å². The third kappa shape index (κ3) is 7.04. The van der Waals surface area contributed by atoms with Crippen LogP contribution >= 0.6 is 11.3 Å². The highest BCUT2D eigenvalue weighted by Gasteiger charge is 2.22. The maximum atomic E-state index is 13.6. The number of unbranched alkanes of at least 4 members (excludes halogenated alkanes) is 3. The van der Waals surface area contributed by atoms with Gasteiger partial charge in [0.25, 0.3) is 0 Å². The van der Waals surface area contributed by atoms with Gasteiger partial charge in [-0.3, -0.25) is 28.8 Å². The van der Waals surface area contributed by atoms with Crippen LogP contribution in [0.15, 0.2) is 95.1 Å². The number of nitrogens with one attached hydrogen (secondary N) is 2. The molecule has 11 nitrogen and oxygen atoms in total. The summed E-state index contributed by atoms with van der Waals surface area (Å²) in [5, 5.41) is 7.46. The Bertz CT molecular complexity index is 2900. The summed E-state index contributed by atoms with van der Waals surface area (Å²) in [7, 11) is 3.79. The molecule has 12 heteroatoms. The zero-order chi connectivity index (χ0) is 38.1. The fourth-order valence-electron chi connectivity index (χ4n) is 6.99. The number of aryl methyl sites for hydroxylation is 1. The Morgan fingerprint density at radius 2 is 1.24 bits per heavy atom. The summed E-state index contributed by atoms with van der Waals surface area (Å²) in [4.78, 5) is 93.0. The summed E-state index contributed by atoms with van der Waals surface area (Å²) in [6, 6.07) is 18.3. The lowest BCUT2D eigenvalue weighted by Gasteiger charge is -2.13. The molecule has 2 heterocycles. The van der Waals surface area contributed by atoms with Crippen molar-refractivity contribution in [2.24, 2.45) is 0 Å². The van der Waals surface area contributed by atoms with E-state index in [1.807, 2.05) is 31.1 Å². The molecule has 0 bridgehead atoms. The minimum absolute atomic E-state index is 0.00454. The summed E-state index contributed by atoms with van der Waals surface area (Å²) in [6.45, 7) is 1.01. The number of benzene rings is 5. The second-order valence-corrected chi connectivity index (χ2v) is 14.7. The summed E-state index contributed by atoms with van der Waals surface area (Å²) in [6.07, 6.45) is 3.93. The van der Waals surface area contributed by atoms with Crippen LogP contribution in [-0.4, -0.2) is 39.0 Å². The van der Waals surface area contributed by atoms with Gasteiger partial charge in [0, 0.05) is 78.4 Å². The van der Waals surface area contributed by atoms with Gasteiger partial charge in [-0.05, 0) is 48.6 Å². The first-order valence-corrected chi connectivity index (χ1v) is 18.7. The van der Waals surface area contributed by atoms with E-state index in [9.17, 15) is 33.6 Å². The Labute approximate surface area is 311 Å². The van der Waals surface area contributed by atoms with E-state index < -0.39 is 21.9 Å². The lowest BCUT2D eigenvalue weighted by Crippen LogP contribution is -2.26. The monoisotopic (exact) mass is 743 g/mol. The van der Waals surface area contributed by atoms with E-state index in [0.29, 0.717) is 30.7 Å². The molecule has 7 rings (SSSR count). The van der Waals surface area contributed by atoms with Crippen LogP contribution in [0.5, 0.6) is 0 Å². The number of nitrogens with zero attached hydrogens (tertiary/aromatic N) is 1. The van der Waals surface area contributed by atoms with Crippen LogP contribution in [0, 0.1) is 0 Å². The Kier molecular flexibility index (Phi) is 10.2. The quantitative estimate of drug-likeness (QED) is 0.125. The molecule has 7 aromatic rings. The first-order chi connectivity index (χ1) is 26.0. The topological polar surface area (TPSA) is 160 Å². The highest BCUT2D eigenvalue weighted by Crippen LogP contribution is 2.29. The van der Waals surface area contributed by atoms with Crippen molar-refractivity contribution in [3.05, 3.63) is 129 Å². The molecule has 54 heavy (non-hydrogen) atoms. The van der Waals surface area contributed by atoms with Gasteiger partial charge in [0.05, 0.1) is 26.6 Å². The van der Waals surface area contributed by atoms with Gasteiger partial charge in [0.1, 0.15) is 5.58 Å². The molecule has 5 aromatic carbocycles. The Morgan fingerprint density at radius 1 is 0.648 bits per heavy atom. The minimum Gasteiger partial charge on any atom is -0.423 e. The zero-order valence-electron chi connectivity index (χ0n) is 29.8. The van der Waals surface area contributed by atoms with Gasteiger partial charge < -0.3 is 20.0 Å². The predicted molar refractivity (Wildman–Crippen MR) is 215 cm³/mol. The molecule has 0 radical (unpaired) electrons. The van der Waals surface area contributed by atoms with E-state index in [0.717, 1.165) is 53.7 Å². The average Bonchev–Trinajstić information content (AvgIpc) is 3.58. The highest BCUT2D eigenvalue weighted by molar-refractivity contribution is 7.25. The molecule has 2 N–H and O–H groups in total. The van der Waals surface area contributed by atoms with Crippen molar-refractivity contribution in [2.75, 3.05) is 32.1 Å². The number of hydrogen-bond acceptors (Lipinski definition) is 10. The second-order valence-electron chi connectivity index (χ2n) is 13.7. The normalized spacial score (nSPS) is 11.6. The third-order valence-corrected chi connectivity index (χ3v) is 11.0. The van der Waals surface area contributed by atoms with Gasteiger partial charge in [-0.2, -0.15) is 0 Å². The number of carbonyl (C=O) groups is 2. The lowest BCUT2D eigenvalue weighted by atomic mass is 9.99. The number of thiophene rings is 1. The Morgan fingerprint density at radius 3 is 1.91 bits per heavy atom. The summed E-state index contributed by atoms with van der Waals surface area (Å²) < 4.78 is 5.56. The van der Waals surface area contributed by atoms with E-state index in [-0.39, 0.29) is 71.8 Å². The largest absolute Gasteiger partial charge is 0.423 e. The number of amides is 2. The van der Waals surface area contributed by atoms with Crippen molar-refractivity contribution in [1.29, 1.82) is 0 Å². The Hall–Kier alpha value is -6.01. The van der Waals surface area contributed by atoms with Crippen LogP contribution in [0.3, 0.4) is 0 Å². The summed E-state index contributed by atoms with van der Waals surface area (Å²) in [5.41, 5.74) is 0.511. The van der Waals surface area contributed by atoms with Gasteiger partial charge in [-0.1, -0.05) is 49.2 Å². The molecule has 0 aliphatic rings. The zero-order valence-corrected chi connectivity index (χ0v) is 30.7. The first kappa shape index (κ1) is 36.4. The van der Waals surface area contributed by atoms with Gasteiger partial charge in [0.15, 0.2) is 10.9 Å². The minimum atomic E-state index is -0.496. The number of carbonyl (C=O) groups excluding carboxylic acids is 2. The number of rotatable bonds is 13. The molecule has 0 atom stereocenters. The van der Waals surface area contributed by atoms with Crippen LogP contribution in [0.4, 0.5) is 5.69 Å². The van der Waals surface area contributed by atoms with Gasteiger partial charge in [-0.25, -0.2) is 4.79 Å². The van der Waals surface area contributed by atoms with Crippen LogP contribution in [0.1, 0.15) is 43.2 Å². The third-order valence-electron chi connectivity index (χ3n) is 9.83. The van der Waals surface area contributed by atoms with Crippen molar-refractivity contribution in [2.45, 2.75) is 44.9 Å². The molecule has 2 amide bonds. The number of anilines is 1. The number of hydrogen-bond donors (Lipinski definition) is 2. The lowest BCUT2D eigenvalue weighted by molar-refractivity contribution is -0.121. The van der Waals surface area contributed by atoms with Crippen LogP contribution in [-0.2, 0) is 22.4 Å². The smallest absolute Gasteiger partial charge is 0.336 e. The van der Waals surface area contributed by atoms with E-state index in [1.165, 1.54) is 6.07 Å². The van der Waals surface area contributed by atoms with Crippen molar-refractivity contribution < 1.29 is 14.0 Å². The number of fused-ring (bicyclic) bond motifs is 6. The van der Waals surface area contributed by atoms with Gasteiger partial charge in [0.2, 0.25) is 22.7 Å². The van der Waals surface area contributed by atoms with E-state index >= 15 is 0 Å². The standard InChI is InChI=1S/C42H37N3O8S/c1-45(2)25-13-15-26-24(21-34(48)53-31(26)22-25)20-33(47)44-18-8-4-3-7-17-43-32(46)16-12-23-11-14-29-30(19-23)40(52)42-36(38(29)50)35-37(49)27-9-5-6-10-28(27)39(51)41(35)54-42/h5-6,9-11,13-15,19,21-22H,3-4,7-8,12,16-18,20H2,1-2H3,(H,43,46)(H,44,47). The molecule has 0 saturated carbocycles. The maximum absolute atomic E-state index is 13.6. The van der Waals surface area contributed by atoms with E-state index in [1.54, 1.807) is 48.5 Å². The maximum Gasteiger partial charge on any atom is 0.336 e.